The van der Waals surface area contributed by atoms with Gasteiger partial charge >= 0.3 is 5.97 Å². The first-order chi connectivity index (χ1) is 9.72. The maximum absolute atomic E-state index is 11.3. The van der Waals surface area contributed by atoms with E-state index in [0.717, 1.165) is 0 Å². The summed E-state index contributed by atoms with van der Waals surface area (Å²) in [4.78, 5) is 21.7. The lowest BCUT2D eigenvalue weighted by atomic mass is 10.2. The minimum Gasteiger partial charge on any atom is -0.465 e. The molecule has 0 bridgehead atoms. The smallest absolute Gasteiger partial charge is 0.337 e. The molecule has 20 heavy (non-hydrogen) atoms. The van der Waals surface area contributed by atoms with Crippen LogP contribution in [0.5, 0.6) is 11.5 Å². The summed E-state index contributed by atoms with van der Waals surface area (Å²) in [5, 5.41) is 2.54. The molecule has 0 radical (unpaired) electrons. The molecule has 102 valence electrons. The second kappa shape index (κ2) is 6.38. The highest BCUT2D eigenvalue weighted by atomic mass is 16.5. The van der Waals surface area contributed by atoms with Crippen molar-refractivity contribution in [3.05, 3.63) is 54.1 Å². The zero-order chi connectivity index (χ0) is 14.4. The molecular weight excluding hydrogens is 258 g/mol. The standard InChI is InChI=1S/C15H13NO4/c1-19-15(18)11-5-7-13(8-6-11)20-14-4-2-3-12(9-14)16-10-17/h2-10H,1H3,(H,16,17). The number of hydrogen-bond donors (Lipinski definition) is 1. The highest BCUT2D eigenvalue weighted by molar-refractivity contribution is 5.89. The average Bonchev–Trinajstić information content (AvgIpc) is 2.48. The maximum atomic E-state index is 11.3. The van der Waals surface area contributed by atoms with Gasteiger partial charge in [-0.25, -0.2) is 4.79 Å². The molecule has 0 atom stereocenters. The number of carbonyl (C=O) groups is 2. The van der Waals surface area contributed by atoms with Crippen LogP contribution in [0.2, 0.25) is 0 Å². The Hall–Kier alpha value is -2.82. The fraction of sp³-hybridized carbons (Fsp3) is 0.0667. The van der Waals surface area contributed by atoms with Crippen molar-refractivity contribution in [2.45, 2.75) is 0 Å². The lowest BCUT2D eigenvalue weighted by molar-refractivity contribution is -0.105. The Morgan fingerprint density at radius 2 is 1.85 bits per heavy atom. The first-order valence-electron chi connectivity index (χ1n) is 5.89. The molecule has 5 heteroatoms. The number of hydrogen-bond acceptors (Lipinski definition) is 4. The van der Waals surface area contributed by atoms with Gasteiger partial charge in [0.25, 0.3) is 0 Å². The van der Waals surface area contributed by atoms with Crippen LogP contribution >= 0.6 is 0 Å². The Morgan fingerprint density at radius 3 is 2.50 bits per heavy atom. The minimum atomic E-state index is -0.395. The van der Waals surface area contributed by atoms with Crippen LogP contribution in [0.3, 0.4) is 0 Å². The number of ether oxygens (including phenoxy) is 2. The first kappa shape index (κ1) is 13.6. The van der Waals surface area contributed by atoms with Crippen molar-refractivity contribution >= 4 is 18.1 Å². The SMILES string of the molecule is COC(=O)c1ccc(Oc2cccc(NC=O)c2)cc1. The number of carbonyl (C=O) groups excluding carboxylic acids is 2. The lowest BCUT2D eigenvalue weighted by Crippen LogP contribution is -2.00. The van der Waals surface area contributed by atoms with Gasteiger partial charge in [-0.05, 0) is 36.4 Å². The largest absolute Gasteiger partial charge is 0.465 e. The molecule has 0 heterocycles. The van der Waals surface area contributed by atoms with Crippen LogP contribution in [0.25, 0.3) is 0 Å². The molecule has 2 aromatic carbocycles. The van der Waals surface area contributed by atoms with E-state index in [0.29, 0.717) is 29.2 Å². The van der Waals surface area contributed by atoms with E-state index in [1.807, 2.05) is 0 Å². The molecule has 0 aliphatic rings. The molecule has 0 spiro atoms. The fourth-order valence-electron chi connectivity index (χ4n) is 1.63. The topological polar surface area (TPSA) is 64.6 Å². The quantitative estimate of drug-likeness (QED) is 0.671. The van der Waals surface area contributed by atoms with Gasteiger partial charge in [0.15, 0.2) is 0 Å². The Kier molecular flexibility index (Phi) is 4.34. The van der Waals surface area contributed by atoms with E-state index in [1.165, 1.54) is 7.11 Å². The lowest BCUT2D eigenvalue weighted by Gasteiger charge is -2.07. The van der Waals surface area contributed by atoms with Crippen molar-refractivity contribution in [3.63, 3.8) is 0 Å². The molecule has 2 rings (SSSR count). The van der Waals surface area contributed by atoms with E-state index in [9.17, 15) is 9.59 Å². The zero-order valence-corrected chi connectivity index (χ0v) is 10.8. The molecule has 0 aliphatic carbocycles. The minimum absolute atomic E-state index is 0.395. The van der Waals surface area contributed by atoms with E-state index in [-0.39, 0.29) is 0 Å². The molecule has 1 amide bonds. The van der Waals surface area contributed by atoms with E-state index >= 15 is 0 Å². The van der Waals surface area contributed by atoms with Gasteiger partial charge in [0.2, 0.25) is 6.41 Å². The van der Waals surface area contributed by atoms with Gasteiger partial charge < -0.3 is 14.8 Å². The number of rotatable bonds is 5. The molecule has 0 fully saturated rings. The van der Waals surface area contributed by atoms with Crippen LogP contribution in [0.4, 0.5) is 5.69 Å². The van der Waals surface area contributed by atoms with Crippen LogP contribution in [-0.4, -0.2) is 19.5 Å². The van der Waals surface area contributed by atoms with Crippen LogP contribution < -0.4 is 10.1 Å². The normalized spacial score (nSPS) is 9.65. The van der Waals surface area contributed by atoms with Crippen molar-refractivity contribution in [2.75, 3.05) is 12.4 Å². The monoisotopic (exact) mass is 271 g/mol. The van der Waals surface area contributed by atoms with Gasteiger partial charge in [-0.1, -0.05) is 6.07 Å². The second-order valence-electron chi connectivity index (χ2n) is 3.91. The molecule has 0 aliphatic heterocycles. The van der Waals surface area contributed by atoms with Crippen LogP contribution in [0.1, 0.15) is 10.4 Å². The van der Waals surface area contributed by atoms with Crippen molar-refractivity contribution in [1.82, 2.24) is 0 Å². The summed E-state index contributed by atoms with van der Waals surface area (Å²) < 4.78 is 10.2. The summed E-state index contributed by atoms with van der Waals surface area (Å²) in [7, 11) is 1.33. The Bertz CT molecular complexity index is 608. The van der Waals surface area contributed by atoms with Crippen molar-refractivity contribution < 1.29 is 19.1 Å². The first-order valence-corrected chi connectivity index (χ1v) is 5.89. The van der Waals surface area contributed by atoms with E-state index in [2.05, 4.69) is 10.1 Å². The number of amides is 1. The third-order valence-corrected chi connectivity index (χ3v) is 2.57. The van der Waals surface area contributed by atoms with Crippen molar-refractivity contribution in [1.29, 1.82) is 0 Å². The molecule has 0 saturated heterocycles. The molecule has 0 unspecified atom stereocenters. The van der Waals surface area contributed by atoms with E-state index in [4.69, 9.17) is 4.74 Å². The summed E-state index contributed by atoms with van der Waals surface area (Å²) in [6, 6.07) is 13.6. The third-order valence-electron chi connectivity index (χ3n) is 2.57. The van der Waals surface area contributed by atoms with Gasteiger partial charge in [0.05, 0.1) is 12.7 Å². The summed E-state index contributed by atoms with van der Waals surface area (Å²) in [6.07, 6.45) is 0.601. The molecule has 0 aromatic heterocycles. The maximum Gasteiger partial charge on any atom is 0.337 e. The van der Waals surface area contributed by atoms with Gasteiger partial charge in [-0.3, -0.25) is 4.79 Å². The van der Waals surface area contributed by atoms with Gasteiger partial charge in [0.1, 0.15) is 11.5 Å². The number of anilines is 1. The number of esters is 1. The number of benzene rings is 2. The Labute approximate surface area is 116 Å². The van der Waals surface area contributed by atoms with E-state index in [1.54, 1.807) is 48.5 Å². The summed E-state index contributed by atoms with van der Waals surface area (Å²) in [6.45, 7) is 0. The third kappa shape index (κ3) is 3.35. The van der Waals surface area contributed by atoms with Crippen LogP contribution in [-0.2, 0) is 9.53 Å². The predicted octanol–water partition coefficient (Wildman–Crippen LogP) is 2.83. The Balaban J connectivity index is 2.11. The zero-order valence-electron chi connectivity index (χ0n) is 10.8. The summed E-state index contributed by atoms with van der Waals surface area (Å²) in [5.74, 6) is 0.775. The van der Waals surface area contributed by atoms with Crippen molar-refractivity contribution in [3.8, 4) is 11.5 Å². The highest BCUT2D eigenvalue weighted by Gasteiger charge is 2.05. The van der Waals surface area contributed by atoms with E-state index < -0.39 is 5.97 Å². The predicted molar refractivity (Wildman–Crippen MR) is 74.0 cm³/mol. The number of nitrogens with one attached hydrogen (secondary N) is 1. The number of methoxy groups -OCH3 is 1. The summed E-state index contributed by atoms with van der Waals surface area (Å²) >= 11 is 0. The highest BCUT2D eigenvalue weighted by Crippen LogP contribution is 2.24. The van der Waals surface area contributed by atoms with Crippen LogP contribution in [0.15, 0.2) is 48.5 Å². The molecule has 5 nitrogen and oxygen atoms in total. The molecular formula is C15H13NO4. The Morgan fingerprint density at radius 1 is 1.10 bits per heavy atom. The van der Waals surface area contributed by atoms with Gasteiger partial charge in [0, 0.05) is 11.8 Å². The van der Waals surface area contributed by atoms with Crippen molar-refractivity contribution in [2.24, 2.45) is 0 Å². The van der Waals surface area contributed by atoms with Crippen LogP contribution in [0, 0.1) is 0 Å². The fourth-order valence-corrected chi connectivity index (χ4v) is 1.63. The van der Waals surface area contributed by atoms with Gasteiger partial charge in [-0.15, -0.1) is 0 Å². The molecule has 1 N–H and O–H groups in total. The van der Waals surface area contributed by atoms with Gasteiger partial charge in [-0.2, -0.15) is 0 Å². The molecule has 2 aromatic rings. The average molecular weight is 271 g/mol. The molecule has 0 saturated carbocycles. The summed E-state index contributed by atoms with van der Waals surface area (Å²) in [5.41, 5.74) is 1.10. The second-order valence-corrected chi connectivity index (χ2v) is 3.91.